The zero-order chi connectivity index (χ0) is 7.11. The van der Waals surface area contributed by atoms with E-state index in [2.05, 4.69) is 15.5 Å². The third kappa shape index (κ3) is 4.87. The van der Waals surface area contributed by atoms with Crippen molar-refractivity contribution in [1.82, 2.24) is 0 Å². The van der Waals surface area contributed by atoms with Crippen molar-refractivity contribution in [2.75, 3.05) is 13.7 Å². The van der Waals surface area contributed by atoms with Gasteiger partial charge in [0.25, 0.3) is 0 Å². The maximum atomic E-state index is 10.2. The standard InChI is InChI=1S/C6H9O3/c1-3-9-5-4-6(7)8-2/h5H,3H2,1-2H3. The molecule has 3 heteroatoms. The Bertz CT molecular complexity index is 107. The molecule has 0 aliphatic heterocycles. The third-order valence-corrected chi connectivity index (χ3v) is 0.612. The predicted octanol–water partition coefficient (Wildman–Crippen LogP) is 0.513. The second kappa shape index (κ2) is 5.15. The lowest BCUT2D eigenvalue weighted by Gasteiger charge is -1.90. The van der Waals surface area contributed by atoms with Crippen molar-refractivity contribution in [3.05, 3.63) is 12.3 Å². The molecule has 0 unspecified atom stereocenters. The minimum absolute atomic E-state index is 0.525. The molecule has 0 aromatic carbocycles. The molecule has 0 aromatic heterocycles. The highest BCUT2D eigenvalue weighted by atomic mass is 16.5. The van der Waals surface area contributed by atoms with Crippen molar-refractivity contribution in [3.63, 3.8) is 0 Å². The van der Waals surface area contributed by atoms with Gasteiger partial charge in [-0.25, -0.2) is 4.79 Å². The van der Waals surface area contributed by atoms with Gasteiger partial charge in [-0.15, -0.1) is 0 Å². The maximum Gasteiger partial charge on any atom is 0.342 e. The molecule has 0 rings (SSSR count). The third-order valence-electron chi connectivity index (χ3n) is 0.612. The second-order valence-corrected chi connectivity index (χ2v) is 1.21. The van der Waals surface area contributed by atoms with E-state index in [0.717, 1.165) is 0 Å². The van der Waals surface area contributed by atoms with E-state index in [1.807, 2.05) is 6.92 Å². The first-order valence-corrected chi connectivity index (χ1v) is 2.59. The average Bonchev–Trinajstić information content (AvgIpc) is 1.89. The minimum Gasteiger partial charge on any atom is -0.501 e. The van der Waals surface area contributed by atoms with Gasteiger partial charge in [0, 0.05) is 0 Å². The summed E-state index contributed by atoms with van der Waals surface area (Å²) >= 11 is 0. The molecular formula is C6H9O3. The van der Waals surface area contributed by atoms with Gasteiger partial charge in [-0.05, 0) is 6.92 Å². The van der Waals surface area contributed by atoms with E-state index < -0.39 is 5.97 Å². The second-order valence-electron chi connectivity index (χ2n) is 1.21. The van der Waals surface area contributed by atoms with Gasteiger partial charge in [0.15, 0.2) is 0 Å². The van der Waals surface area contributed by atoms with E-state index in [1.54, 1.807) is 0 Å². The Balaban J connectivity index is 3.32. The molecule has 0 atom stereocenters. The first-order valence-electron chi connectivity index (χ1n) is 2.59. The summed E-state index contributed by atoms with van der Waals surface area (Å²) in [7, 11) is 1.29. The Morgan fingerprint density at radius 2 is 2.44 bits per heavy atom. The molecule has 0 aliphatic carbocycles. The van der Waals surface area contributed by atoms with Crippen LogP contribution in [0.15, 0.2) is 6.26 Å². The first-order chi connectivity index (χ1) is 4.31. The summed E-state index contributed by atoms with van der Waals surface area (Å²) in [5, 5.41) is 0. The molecular weight excluding hydrogens is 120 g/mol. The van der Waals surface area contributed by atoms with Crippen LogP contribution in [-0.2, 0) is 14.3 Å². The Hall–Kier alpha value is -0.990. The molecule has 0 saturated carbocycles. The fourth-order valence-corrected chi connectivity index (χ4v) is 0.232. The number of hydrogen-bond acceptors (Lipinski definition) is 3. The number of methoxy groups -OCH3 is 1. The number of carbonyl (C=O) groups excluding carboxylic acids is 1. The van der Waals surface area contributed by atoms with Gasteiger partial charge in [-0.2, -0.15) is 0 Å². The Labute approximate surface area is 54.3 Å². The van der Waals surface area contributed by atoms with Gasteiger partial charge in [-0.1, -0.05) is 0 Å². The van der Waals surface area contributed by atoms with E-state index in [1.165, 1.54) is 13.4 Å². The number of esters is 1. The smallest absolute Gasteiger partial charge is 0.342 e. The molecule has 0 N–H and O–H groups in total. The van der Waals surface area contributed by atoms with Crippen molar-refractivity contribution in [2.24, 2.45) is 0 Å². The van der Waals surface area contributed by atoms with Gasteiger partial charge in [-0.3, -0.25) is 0 Å². The van der Waals surface area contributed by atoms with Gasteiger partial charge >= 0.3 is 5.97 Å². The molecule has 0 heterocycles. The summed E-state index contributed by atoms with van der Waals surface area (Å²) in [6.07, 6.45) is 3.41. The van der Waals surface area contributed by atoms with Gasteiger partial charge < -0.3 is 9.47 Å². The predicted molar refractivity (Wildman–Crippen MR) is 31.5 cm³/mol. The lowest BCUT2D eigenvalue weighted by Crippen LogP contribution is -1.95. The molecule has 0 aliphatic rings. The molecule has 0 aromatic rings. The topological polar surface area (TPSA) is 35.5 Å². The van der Waals surface area contributed by atoms with Crippen LogP contribution >= 0.6 is 0 Å². The number of hydrogen-bond donors (Lipinski definition) is 0. The summed E-state index contributed by atoms with van der Waals surface area (Å²) in [4.78, 5) is 10.2. The van der Waals surface area contributed by atoms with Crippen LogP contribution in [0.3, 0.4) is 0 Å². The van der Waals surface area contributed by atoms with Crippen LogP contribution < -0.4 is 0 Å². The summed E-state index contributed by atoms with van der Waals surface area (Å²) in [6, 6.07) is 0. The van der Waals surface area contributed by atoms with Crippen molar-refractivity contribution in [1.29, 1.82) is 0 Å². The highest BCUT2D eigenvalue weighted by Gasteiger charge is 1.89. The van der Waals surface area contributed by atoms with Crippen molar-refractivity contribution >= 4 is 5.97 Å². The van der Waals surface area contributed by atoms with E-state index in [4.69, 9.17) is 0 Å². The molecule has 3 nitrogen and oxygen atoms in total. The molecule has 0 spiro atoms. The lowest BCUT2D eigenvalue weighted by molar-refractivity contribution is -0.135. The normalized spacial score (nSPS) is 9.56. The van der Waals surface area contributed by atoms with Crippen molar-refractivity contribution in [2.45, 2.75) is 6.92 Å². The molecule has 0 saturated heterocycles. The zero-order valence-electron chi connectivity index (χ0n) is 5.51. The van der Waals surface area contributed by atoms with Crippen LogP contribution in [-0.4, -0.2) is 19.7 Å². The molecule has 0 amide bonds. The molecule has 51 valence electrons. The van der Waals surface area contributed by atoms with Crippen LogP contribution in [0.2, 0.25) is 0 Å². The summed E-state index contributed by atoms with van der Waals surface area (Å²) in [5.74, 6) is -0.525. The van der Waals surface area contributed by atoms with E-state index in [-0.39, 0.29) is 0 Å². The average molecular weight is 129 g/mol. The SMILES string of the molecule is CCO/C=[C]/C(=O)OC. The molecule has 1 radical (unpaired) electrons. The van der Waals surface area contributed by atoms with Crippen LogP contribution in [0.5, 0.6) is 0 Å². The van der Waals surface area contributed by atoms with Gasteiger partial charge in [0.2, 0.25) is 0 Å². The number of ether oxygens (including phenoxy) is 2. The Morgan fingerprint density at radius 1 is 1.78 bits per heavy atom. The first kappa shape index (κ1) is 8.01. The fourth-order valence-electron chi connectivity index (χ4n) is 0.232. The lowest BCUT2D eigenvalue weighted by atomic mass is 10.6. The Morgan fingerprint density at radius 3 is 2.89 bits per heavy atom. The zero-order valence-corrected chi connectivity index (χ0v) is 5.51. The van der Waals surface area contributed by atoms with Crippen LogP contribution in [0.25, 0.3) is 0 Å². The van der Waals surface area contributed by atoms with E-state index >= 15 is 0 Å². The fraction of sp³-hybridized carbons (Fsp3) is 0.500. The van der Waals surface area contributed by atoms with E-state index in [9.17, 15) is 4.79 Å². The monoisotopic (exact) mass is 129 g/mol. The highest BCUT2D eigenvalue weighted by Crippen LogP contribution is 1.77. The van der Waals surface area contributed by atoms with Crippen molar-refractivity contribution < 1.29 is 14.3 Å². The van der Waals surface area contributed by atoms with Crippen LogP contribution in [0, 0.1) is 6.08 Å². The van der Waals surface area contributed by atoms with Crippen molar-refractivity contribution in [3.8, 4) is 0 Å². The summed E-state index contributed by atoms with van der Waals surface area (Å²) in [6.45, 7) is 2.35. The minimum atomic E-state index is -0.525. The highest BCUT2D eigenvalue weighted by molar-refractivity contribution is 5.76. The maximum absolute atomic E-state index is 10.2. The number of carbonyl (C=O) groups is 1. The summed E-state index contributed by atoms with van der Waals surface area (Å²) in [5.41, 5.74) is 0. The Kier molecular flexibility index (Phi) is 4.59. The van der Waals surface area contributed by atoms with E-state index in [0.29, 0.717) is 6.61 Å². The van der Waals surface area contributed by atoms with Gasteiger partial charge in [0.1, 0.15) is 6.08 Å². The molecule has 0 fully saturated rings. The van der Waals surface area contributed by atoms with Gasteiger partial charge in [0.05, 0.1) is 20.0 Å². The largest absolute Gasteiger partial charge is 0.501 e. The quantitative estimate of drug-likeness (QED) is 0.316. The van der Waals surface area contributed by atoms with Crippen LogP contribution in [0.4, 0.5) is 0 Å². The molecule has 0 bridgehead atoms. The molecule has 9 heavy (non-hydrogen) atoms. The summed E-state index contributed by atoms with van der Waals surface area (Å²) < 4.78 is 8.90. The van der Waals surface area contributed by atoms with Crippen LogP contribution in [0.1, 0.15) is 6.92 Å². The number of rotatable bonds is 3.